The predicted molar refractivity (Wildman–Crippen MR) is 164 cm³/mol. The number of amidine groups is 1. The van der Waals surface area contributed by atoms with E-state index in [9.17, 15) is 10.5 Å². The van der Waals surface area contributed by atoms with E-state index in [4.69, 9.17) is 31.4 Å². The van der Waals surface area contributed by atoms with Crippen molar-refractivity contribution < 1.29 is 14.2 Å². The van der Waals surface area contributed by atoms with Gasteiger partial charge in [0.1, 0.15) is 45.6 Å². The zero-order chi connectivity index (χ0) is 29.5. The number of aliphatic imine (C=N–C) groups is 1. The molecule has 42 heavy (non-hydrogen) atoms. The minimum Gasteiger partial charge on any atom is -0.497 e. The van der Waals surface area contributed by atoms with Gasteiger partial charge in [-0.05, 0) is 54.6 Å². The molecule has 0 radical (unpaired) electrons. The Morgan fingerprint density at radius 3 is 1.93 bits per heavy atom. The van der Waals surface area contributed by atoms with Crippen molar-refractivity contribution >= 4 is 34.4 Å². The van der Waals surface area contributed by atoms with E-state index in [1.54, 1.807) is 21.3 Å². The molecule has 3 atom stereocenters. The van der Waals surface area contributed by atoms with Crippen LogP contribution in [0.1, 0.15) is 11.5 Å². The normalized spacial score (nSPS) is 24.6. The molecule has 0 spiro atoms. The Kier molecular flexibility index (Phi) is 6.88. The quantitative estimate of drug-likeness (QED) is 0.382. The first-order valence-corrected chi connectivity index (χ1v) is 14.0. The average molecular weight is 579 g/mol. The Morgan fingerprint density at radius 2 is 1.36 bits per heavy atom. The van der Waals surface area contributed by atoms with Crippen molar-refractivity contribution in [1.82, 2.24) is 4.90 Å². The van der Waals surface area contributed by atoms with Crippen LogP contribution >= 0.6 is 12.2 Å². The first-order chi connectivity index (χ1) is 20.4. The predicted octanol–water partition coefficient (Wildman–Crippen LogP) is 4.81. The second-order valence-electron chi connectivity index (χ2n) is 10.6. The van der Waals surface area contributed by atoms with E-state index in [-0.39, 0.29) is 0 Å². The molecule has 10 heteroatoms. The Balaban J connectivity index is 1.53. The van der Waals surface area contributed by atoms with Crippen LogP contribution in [0.4, 0.5) is 11.4 Å². The first-order valence-electron chi connectivity index (χ1n) is 13.5. The number of methoxy groups -OCH3 is 3. The number of nitrogens with zero attached hydrogens (tertiary/aromatic N) is 6. The zero-order valence-electron chi connectivity index (χ0n) is 23.7. The monoisotopic (exact) mass is 578 g/mol. The van der Waals surface area contributed by atoms with Crippen LogP contribution in [0.15, 0.2) is 77.8 Å². The molecule has 3 aromatic rings. The number of piperidine rings is 2. The lowest BCUT2D eigenvalue weighted by molar-refractivity contribution is 0.202. The number of ether oxygens (including phenoxy) is 3. The molecule has 2 saturated heterocycles. The number of anilines is 2. The maximum atomic E-state index is 11.2. The Morgan fingerprint density at radius 1 is 0.786 bits per heavy atom. The molecule has 9 nitrogen and oxygen atoms in total. The van der Waals surface area contributed by atoms with E-state index in [0.29, 0.717) is 43.0 Å². The summed E-state index contributed by atoms with van der Waals surface area (Å²) in [5.74, 6) is 2.09. The molecule has 0 saturated carbocycles. The van der Waals surface area contributed by atoms with Gasteiger partial charge in [0.2, 0.25) is 0 Å². The van der Waals surface area contributed by atoms with E-state index >= 15 is 0 Å². The Hall–Kier alpha value is -4.80. The molecule has 0 aromatic heterocycles. The Labute approximate surface area is 250 Å². The van der Waals surface area contributed by atoms with Crippen molar-refractivity contribution in [2.24, 2.45) is 15.8 Å². The van der Waals surface area contributed by atoms with Gasteiger partial charge in [0, 0.05) is 35.9 Å². The molecule has 212 valence electrons. The van der Waals surface area contributed by atoms with Crippen molar-refractivity contribution in [3.63, 3.8) is 0 Å². The summed E-state index contributed by atoms with van der Waals surface area (Å²) in [6, 6.07) is 28.3. The lowest BCUT2D eigenvalue weighted by atomic mass is 9.53. The average Bonchev–Trinajstić information content (AvgIpc) is 3.06. The van der Waals surface area contributed by atoms with Gasteiger partial charge < -0.3 is 28.9 Å². The highest BCUT2D eigenvalue weighted by Gasteiger charge is 2.68. The van der Waals surface area contributed by atoms with E-state index in [1.165, 1.54) is 0 Å². The van der Waals surface area contributed by atoms with Gasteiger partial charge in [-0.3, -0.25) is 0 Å². The molecule has 0 aliphatic carbocycles. The van der Waals surface area contributed by atoms with Gasteiger partial charge in [-0.25, -0.2) is 4.99 Å². The summed E-state index contributed by atoms with van der Waals surface area (Å²) in [6.45, 7) is 1.33. The van der Waals surface area contributed by atoms with E-state index < -0.39 is 16.7 Å². The minimum atomic E-state index is -1.24. The summed E-state index contributed by atoms with van der Waals surface area (Å²) in [5, 5.41) is 22.3. The molecule has 0 N–H and O–H groups in total. The highest BCUT2D eigenvalue weighted by molar-refractivity contribution is 7.80. The van der Waals surface area contributed by atoms with Gasteiger partial charge in [-0.2, -0.15) is 10.5 Å². The van der Waals surface area contributed by atoms with Crippen LogP contribution in [0.2, 0.25) is 0 Å². The van der Waals surface area contributed by atoms with Gasteiger partial charge in [-0.15, -0.1) is 0 Å². The molecule has 6 rings (SSSR count). The van der Waals surface area contributed by atoms with E-state index in [1.807, 2.05) is 77.7 Å². The summed E-state index contributed by atoms with van der Waals surface area (Å²) in [5.41, 5.74) is 0.160. The number of rotatable bonds is 6. The third-order valence-electron chi connectivity index (χ3n) is 8.58. The molecule has 0 amide bonds. The summed E-state index contributed by atoms with van der Waals surface area (Å²) in [6.07, 6.45) is 0. The zero-order valence-corrected chi connectivity index (χ0v) is 24.5. The van der Waals surface area contributed by atoms with Crippen LogP contribution in [-0.2, 0) is 0 Å². The largest absolute Gasteiger partial charge is 0.497 e. The number of fused-ring (bicyclic) bond motifs is 4. The molecule has 2 bridgehead atoms. The maximum absolute atomic E-state index is 11.2. The standard InChI is InChI=1S/C32H30N6O3S/c1-39-24-12-8-22(9-13-24)36-18-31(16-33)28(26-6-4-5-7-27(26)41-3)32(17-34,19-36)30(42)38-21-37(20-35-29(31)38)23-10-14-25(40-2)15-11-23/h4-15,28H,18-21H2,1-3H3/t28-,31-,32-/m0/s1. The SMILES string of the molecule is COc1ccc(N2CN=C3N(C2)C(=S)[C@@]2(C#N)CN(c4ccc(OC)cc4)C[C@@]3(C#N)[C@@H]2c2ccccc2OC)cc1. The van der Waals surface area contributed by atoms with Crippen LogP contribution in [-0.4, -0.2) is 63.5 Å². The van der Waals surface area contributed by atoms with Gasteiger partial charge in [0.25, 0.3) is 0 Å². The molecule has 3 heterocycles. The molecular weight excluding hydrogens is 548 g/mol. The summed E-state index contributed by atoms with van der Waals surface area (Å²) < 4.78 is 16.5. The highest BCUT2D eigenvalue weighted by atomic mass is 32.1. The van der Waals surface area contributed by atoms with Gasteiger partial charge in [0.05, 0.1) is 40.1 Å². The Bertz CT molecular complexity index is 1630. The third-order valence-corrected chi connectivity index (χ3v) is 9.16. The number of benzene rings is 3. The van der Waals surface area contributed by atoms with Crippen LogP contribution < -0.4 is 24.0 Å². The summed E-state index contributed by atoms with van der Waals surface area (Å²) >= 11 is 6.24. The molecule has 3 aliphatic heterocycles. The smallest absolute Gasteiger partial charge is 0.141 e. The van der Waals surface area contributed by atoms with Crippen LogP contribution in [0.25, 0.3) is 0 Å². The molecular formula is C32H30N6O3S. The molecule has 3 aromatic carbocycles. The van der Waals surface area contributed by atoms with Gasteiger partial charge >= 0.3 is 0 Å². The molecule has 2 fully saturated rings. The molecule has 0 unspecified atom stereocenters. The van der Waals surface area contributed by atoms with Crippen molar-refractivity contribution in [1.29, 1.82) is 10.5 Å². The van der Waals surface area contributed by atoms with Crippen molar-refractivity contribution in [3.8, 4) is 29.4 Å². The van der Waals surface area contributed by atoms with Crippen molar-refractivity contribution in [2.75, 3.05) is 57.6 Å². The van der Waals surface area contributed by atoms with Crippen molar-refractivity contribution in [3.05, 3.63) is 78.4 Å². The van der Waals surface area contributed by atoms with E-state index in [0.717, 1.165) is 28.4 Å². The van der Waals surface area contributed by atoms with Gasteiger partial charge in [0.15, 0.2) is 0 Å². The van der Waals surface area contributed by atoms with Gasteiger partial charge in [-0.1, -0.05) is 30.4 Å². The molecule has 3 aliphatic rings. The number of thiocarbonyl (C=S) groups is 1. The lowest BCUT2D eigenvalue weighted by Gasteiger charge is -2.61. The maximum Gasteiger partial charge on any atom is 0.141 e. The van der Waals surface area contributed by atoms with Crippen molar-refractivity contribution in [2.45, 2.75) is 5.92 Å². The highest BCUT2D eigenvalue weighted by Crippen LogP contribution is 2.60. The number of para-hydroxylation sites is 1. The fourth-order valence-corrected chi connectivity index (χ4v) is 6.99. The van der Waals surface area contributed by atoms with Crippen LogP contribution in [0.5, 0.6) is 17.2 Å². The number of hydrogen-bond acceptors (Lipinski definition) is 9. The topological polar surface area (TPSA) is 97.4 Å². The number of nitriles is 2. The lowest BCUT2D eigenvalue weighted by Crippen LogP contribution is -2.73. The fraction of sp³-hybridized carbons (Fsp3) is 0.312. The second-order valence-corrected chi connectivity index (χ2v) is 11.0. The first kappa shape index (κ1) is 27.4. The second kappa shape index (κ2) is 10.6. The van der Waals surface area contributed by atoms with Crippen LogP contribution in [0.3, 0.4) is 0 Å². The number of hydrogen-bond donors (Lipinski definition) is 0. The van der Waals surface area contributed by atoms with E-state index in [2.05, 4.69) is 21.9 Å². The third kappa shape index (κ3) is 4.02. The summed E-state index contributed by atoms with van der Waals surface area (Å²) in [4.78, 5) is 11.6. The fourth-order valence-electron chi connectivity index (χ4n) is 6.62. The minimum absolute atomic E-state index is 0.299. The summed E-state index contributed by atoms with van der Waals surface area (Å²) in [7, 11) is 4.86. The van der Waals surface area contributed by atoms with Crippen LogP contribution in [0, 0.1) is 33.5 Å².